The summed E-state index contributed by atoms with van der Waals surface area (Å²) in [5, 5.41) is 22.0. The maximum absolute atomic E-state index is 11.2. The van der Waals surface area contributed by atoms with Gasteiger partial charge in [0.05, 0.1) is 6.10 Å². The average Bonchev–Trinajstić information content (AvgIpc) is 3.05. The van der Waals surface area contributed by atoms with E-state index in [2.05, 4.69) is 27.7 Å². The van der Waals surface area contributed by atoms with E-state index in [1.54, 1.807) is 5.56 Å². The molecule has 168 valence electrons. The monoisotopic (exact) mass is 412 g/mol. The lowest BCUT2D eigenvalue weighted by Crippen LogP contribution is -2.44. The molecule has 3 aliphatic rings. The highest BCUT2D eigenvalue weighted by Crippen LogP contribution is 2.62. The SMILES string of the molecule is CCCCCCc1c(CC)c(O)c(CC)c2c1[C@H]1CC[C@]3(C)[C@@H](O)CC[C@H]3[C@@H]1CC2. The third-order valence-electron chi connectivity index (χ3n) is 9.42. The average molecular weight is 413 g/mol. The molecule has 0 unspecified atom stereocenters. The number of benzene rings is 1. The maximum atomic E-state index is 11.2. The minimum Gasteiger partial charge on any atom is -0.507 e. The first-order valence-electron chi connectivity index (χ1n) is 13.0. The molecule has 2 nitrogen and oxygen atoms in total. The van der Waals surface area contributed by atoms with Crippen LogP contribution in [0.5, 0.6) is 5.75 Å². The molecular weight excluding hydrogens is 368 g/mol. The summed E-state index contributed by atoms with van der Waals surface area (Å²) >= 11 is 0. The van der Waals surface area contributed by atoms with Gasteiger partial charge in [-0.25, -0.2) is 0 Å². The zero-order chi connectivity index (χ0) is 21.5. The lowest BCUT2D eigenvalue weighted by molar-refractivity contribution is -0.0228. The zero-order valence-corrected chi connectivity index (χ0v) is 19.9. The number of phenols is 1. The van der Waals surface area contributed by atoms with Crippen LogP contribution >= 0.6 is 0 Å². The fourth-order valence-electron chi connectivity index (χ4n) is 7.82. The molecule has 4 rings (SSSR count). The van der Waals surface area contributed by atoms with Crippen LogP contribution in [-0.4, -0.2) is 16.3 Å². The number of hydrogen-bond acceptors (Lipinski definition) is 2. The minimum atomic E-state index is -0.101. The summed E-state index contributed by atoms with van der Waals surface area (Å²) in [5.41, 5.74) is 7.34. The zero-order valence-electron chi connectivity index (χ0n) is 19.9. The third-order valence-corrected chi connectivity index (χ3v) is 9.42. The van der Waals surface area contributed by atoms with Crippen molar-refractivity contribution in [3.63, 3.8) is 0 Å². The molecule has 2 fully saturated rings. The molecule has 0 radical (unpaired) electrons. The number of aromatic hydroxyl groups is 1. The van der Waals surface area contributed by atoms with Gasteiger partial charge in [0, 0.05) is 0 Å². The molecule has 2 saturated carbocycles. The summed E-state index contributed by atoms with van der Waals surface area (Å²) in [6, 6.07) is 0. The Morgan fingerprint density at radius 1 is 0.900 bits per heavy atom. The van der Waals surface area contributed by atoms with Crippen LogP contribution in [0.1, 0.15) is 119 Å². The van der Waals surface area contributed by atoms with E-state index in [0.717, 1.165) is 38.0 Å². The fraction of sp³-hybridized carbons (Fsp3) is 0.786. The van der Waals surface area contributed by atoms with Gasteiger partial charge in [-0.15, -0.1) is 0 Å². The number of phenolic OH excluding ortho intramolecular Hbond substituents is 1. The number of hydrogen-bond donors (Lipinski definition) is 2. The molecule has 0 aromatic heterocycles. The number of rotatable bonds is 7. The molecule has 0 bridgehead atoms. The van der Waals surface area contributed by atoms with E-state index in [1.165, 1.54) is 73.6 Å². The lowest BCUT2D eigenvalue weighted by atomic mass is 9.54. The van der Waals surface area contributed by atoms with Crippen LogP contribution in [0.4, 0.5) is 0 Å². The highest BCUT2D eigenvalue weighted by molar-refractivity contribution is 5.58. The largest absolute Gasteiger partial charge is 0.507 e. The number of unbranched alkanes of at least 4 members (excludes halogenated alkanes) is 3. The molecule has 0 heterocycles. The Morgan fingerprint density at radius 2 is 1.67 bits per heavy atom. The lowest BCUT2D eigenvalue weighted by Gasteiger charge is -2.51. The molecule has 30 heavy (non-hydrogen) atoms. The van der Waals surface area contributed by atoms with Crippen LogP contribution < -0.4 is 0 Å². The van der Waals surface area contributed by atoms with Gasteiger partial charge in [0.25, 0.3) is 0 Å². The Hall–Kier alpha value is -1.02. The first-order valence-corrected chi connectivity index (χ1v) is 13.0. The van der Waals surface area contributed by atoms with Crippen molar-refractivity contribution in [1.29, 1.82) is 0 Å². The Balaban J connectivity index is 1.77. The molecule has 5 atom stereocenters. The van der Waals surface area contributed by atoms with E-state index >= 15 is 0 Å². The van der Waals surface area contributed by atoms with E-state index in [0.29, 0.717) is 17.6 Å². The summed E-state index contributed by atoms with van der Waals surface area (Å²) in [6.45, 7) is 9.09. The van der Waals surface area contributed by atoms with E-state index in [9.17, 15) is 10.2 Å². The highest BCUT2D eigenvalue weighted by Gasteiger charge is 2.55. The van der Waals surface area contributed by atoms with Gasteiger partial charge < -0.3 is 10.2 Å². The quantitative estimate of drug-likeness (QED) is 0.480. The molecule has 2 N–H and O–H groups in total. The molecule has 0 spiro atoms. The molecule has 1 aromatic carbocycles. The van der Waals surface area contributed by atoms with E-state index in [1.807, 2.05) is 0 Å². The summed E-state index contributed by atoms with van der Waals surface area (Å²) in [5.74, 6) is 2.67. The van der Waals surface area contributed by atoms with Crippen LogP contribution in [0.3, 0.4) is 0 Å². The Kier molecular flexibility index (Phi) is 6.54. The van der Waals surface area contributed by atoms with Gasteiger partial charge in [0.2, 0.25) is 0 Å². The first kappa shape index (κ1) is 22.2. The Labute approximate surface area is 184 Å². The molecule has 0 saturated heterocycles. The van der Waals surface area contributed by atoms with Gasteiger partial charge in [0.1, 0.15) is 5.75 Å². The van der Waals surface area contributed by atoms with Crippen LogP contribution in [0.15, 0.2) is 0 Å². The number of fused-ring (bicyclic) bond motifs is 5. The van der Waals surface area contributed by atoms with Gasteiger partial charge in [-0.3, -0.25) is 0 Å². The van der Waals surface area contributed by atoms with E-state index < -0.39 is 0 Å². The minimum absolute atomic E-state index is 0.101. The fourth-order valence-corrected chi connectivity index (χ4v) is 7.82. The van der Waals surface area contributed by atoms with E-state index in [4.69, 9.17) is 0 Å². The van der Waals surface area contributed by atoms with Crippen molar-refractivity contribution in [1.82, 2.24) is 0 Å². The summed E-state index contributed by atoms with van der Waals surface area (Å²) < 4.78 is 0. The standard InChI is InChI=1S/C28H44O2/c1-5-8-9-10-11-21-18(6-2)27(30)19(7-3)22-13-12-20-23(26(21)22)16-17-28(4)24(20)14-15-25(28)29/h20,23-25,29-30H,5-17H2,1-4H3/t20-,23+,24+,25+,28+/m1/s1. The van der Waals surface area contributed by atoms with Crippen molar-refractivity contribution in [2.45, 2.75) is 123 Å². The molecule has 0 aliphatic heterocycles. The first-order chi connectivity index (χ1) is 14.5. The van der Waals surface area contributed by atoms with E-state index in [-0.39, 0.29) is 11.5 Å². The predicted octanol–water partition coefficient (Wildman–Crippen LogP) is 6.86. The molecule has 2 heteroatoms. The molecule has 0 amide bonds. The number of aliphatic hydroxyl groups excluding tert-OH is 1. The Morgan fingerprint density at radius 3 is 2.37 bits per heavy atom. The van der Waals surface area contributed by atoms with Crippen molar-refractivity contribution >= 4 is 0 Å². The van der Waals surface area contributed by atoms with Gasteiger partial charge in [-0.2, -0.15) is 0 Å². The third kappa shape index (κ3) is 3.42. The van der Waals surface area contributed by atoms with Gasteiger partial charge in [-0.05, 0) is 115 Å². The summed E-state index contributed by atoms with van der Waals surface area (Å²) in [7, 11) is 0. The predicted molar refractivity (Wildman–Crippen MR) is 125 cm³/mol. The topological polar surface area (TPSA) is 40.5 Å². The molecule has 3 aliphatic carbocycles. The van der Waals surface area contributed by atoms with Crippen LogP contribution in [0, 0.1) is 17.3 Å². The second-order valence-corrected chi connectivity index (χ2v) is 10.7. The highest BCUT2D eigenvalue weighted by atomic mass is 16.3. The second kappa shape index (κ2) is 8.85. The normalized spacial score (nSPS) is 32.6. The Bertz CT molecular complexity index is 767. The second-order valence-electron chi connectivity index (χ2n) is 10.7. The molecule has 1 aromatic rings. The molecular formula is C28H44O2. The van der Waals surface area contributed by atoms with Crippen molar-refractivity contribution in [3.05, 3.63) is 27.8 Å². The van der Waals surface area contributed by atoms with Crippen LogP contribution in [-0.2, 0) is 25.7 Å². The van der Waals surface area contributed by atoms with Crippen molar-refractivity contribution in [2.24, 2.45) is 17.3 Å². The maximum Gasteiger partial charge on any atom is 0.122 e. The number of aliphatic hydroxyl groups is 1. The van der Waals surface area contributed by atoms with Crippen molar-refractivity contribution in [2.75, 3.05) is 0 Å². The summed E-state index contributed by atoms with van der Waals surface area (Å²) in [6.07, 6.45) is 15.0. The van der Waals surface area contributed by atoms with Gasteiger partial charge in [0.15, 0.2) is 0 Å². The van der Waals surface area contributed by atoms with Crippen molar-refractivity contribution in [3.8, 4) is 5.75 Å². The van der Waals surface area contributed by atoms with Gasteiger partial charge >= 0.3 is 0 Å². The van der Waals surface area contributed by atoms with Gasteiger partial charge in [-0.1, -0.05) is 47.0 Å². The van der Waals surface area contributed by atoms with Crippen LogP contribution in [0.2, 0.25) is 0 Å². The van der Waals surface area contributed by atoms with Crippen LogP contribution in [0.25, 0.3) is 0 Å². The van der Waals surface area contributed by atoms with Crippen molar-refractivity contribution < 1.29 is 10.2 Å². The smallest absolute Gasteiger partial charge is 0.122 e. The summed E-state index contributed by atoms with van der Waals surface area (Å²) in [4.78, 5) is 0.